The minimum Gasteiger partial charge on any atom is -0.368 e. The van der Waals surface area contributed by atoms with Crippen molar-refractivity contribution < 1.29 is 0 Å². The Bertz CT molecular complexity index is 349. The summed E-state index contributed by atoms with van der Waals surface area (Å²) in [6.07, 6.45) is 3.84. The summed E-state index contributed by atoms with van der Waals surface area (Å²) in [5.74, 6) is 0.257. The number of aromatic nitrogens is 2. The fraction of sp³-hybridized carbons (Fsp3) is 0.636. The molecular weight excluding hydrogens is 224 g/mol. The molecule has 2 N–H and O–H groups in total. The second kappa shape index (κ2) is 4.97. The zero-order chi connectivity index (χ0) is 11.5. The third-order valence-electron chi connectivity index (χ3n) is 3.07. The van der Waals surface area contributed by atoms with Crippen LogP contribution in [0.2, 0.25) is 5.15 Å². The average Bonchev–Trinajstić information content (AvgIpc) is 2.20. The molecule has 1 aliphatic rings. The Kier molecular flexibility index (Phi) is 3.61. The Morgan fingerprint density at radius 3 is 3.00 bits per heavy atom. The molecule has 88 valence electrons. The number of halogens is 1. The van der Waals surface area contributed by atoms with Gasteiger partial charge < -0.3 is 5.73 Å². The minimum atomic E-state index is 0.257. The summed E-state index contributed by atoms with van der Waals surface area (Å²) in [5, 5.41) is 0.423. The van der Waals surface area contributed by atoms with Crippen molar-refractivity contribution in [2.45, 2.75) is 38.8 Å². The number of piperidine rings is 1. The van der Waals surface area contributed by atoms with Crippen molar-refractivity contribution in [2.75, 3.05) is 12.3 Å². The summed E-state index contributed by atoms with van der Waals surface area (Å²) in [4.78, 5) is 10.5. The van der Waals surface area contributed by atoms with E-state index in [4.69, 9.17) is 17.3 Å². The summed E-state index contributed by atoms with van der Waals surface area (Å²) < 4.78 is 0. The highest BCUT2D eigenvalue weighted by Gasteiger charge is 2.18. The number of anilines is 1. The lowest BCUT2D eigenvalue weighted by molar-refractivity contribution is 0.151. The maximum absolute atomic E-state index is 5.85. The van der Waals surface area contributed by atoms with E-state index in [-0.39, 0.29) is 5.95 Å². The largest absolute Gasteiger partial charge is 0.368 e. The summed E-state index contributed by atoms with van der Waals surface area (Å²) in [6.45, 7) is 4.20. The van der Waals surface area contributed by atoms with Gasteiger partial charge >= 0.3 is 0 Å². The first kappa shape index (κ1) is 11.6. The molecule has 4 nitrogen and oxygen atoms in total. The van der Waals surface area contributed by atoms with Gasteiger partial charge in [-0.25, -0.2) is 9.97 Å². The Morgan fingerprint density at radius 1 is 1.50 bits per heavy atom. The maximum Gasteiger partial charge on any atom is 0.221 e. The molecule has 5 heteroatoms. The monoisotopic (exact) mass is 240 g/mol. The van der Waals surface area contributed by atoms with Crippen LogP contribution in [0.4, 0.5) is 5.95 Å². The van der Waals surface area contributed by atoms with Crippen molar-refractivity contribution >= 4 is 17.5 Å². The average molecular weight is 241 g/mol. The molecule has 1 aromatic heterocycles. The number of hydrogen-bond acceptors (Lipinski definition) is 4. The molecule has 1 fully saturated rings. The van der Waals surface area contributed by atoms with Crippen molar-refractivity contribution in [3.05, 3.63) is 16.9 Å². The van der Waals surface area contributed by atoms with Crippen molar-refractivity contribution in [1.29, 1.82) is 0 Å². The second-order valence-electron chi connectivity index (χ2n) is 4.36. The molecule has 1 aromatic rings. The lowest BCUT2D eigenvalue weighted by atomic mass is 10.0. The van der Waals surface area contributed by atoms with Crippen LogP contribution in [0.5, 0.6) is 0 Å². The third-order valence-corrected chi connectivity index (χ3v) is 3.26. The van der Waals surface area contributed by atoms with Crippen molar-refractivity contribution in [3.63, 3.8) is 0 Å². The topological polar surface area (TPSA) is 55.0 Å². The van der Waals surface area contributed by atoms with E-state index in [0.717, 1.165) is 18.8 Å². The van der Waals surface area contributed by atoms with Gasteiger partial charge in [-0.15, -0.1) is 0 Å². The Balaban J connectivity index is 2.07. The van der Waals surface area contributed by atoms with E-state index >= 15 is 0 Å². The Morgan fingerprint density at radius 2 is 2.31 bits per heavy atom. The first-order valence-corrected chi connectivity index (χ1v) is 6.06. The van der Waals surface area contributed by atoms with Crippen LogP contribution in [0, 0.1) is 0 Å². The molecule has 1 aliphatic heterocycles. The molecule has 2 heterocycles. The molecular formula is C11H17ClN4. The predicted octanol–water partition coefficient (Wildman–Crippen LogP) is 2.09. The number of nitrogens with zero attached hydrogens (tertiary/aromatic N) is 3. The van der Waals surface area contributed by atoms with Crippen LogP contribution in [-0.4, -0.2) is 27.5 Å². The SMILES string of the molecule is C[C@@H]1CCCCN1Cc1cc(Cl)nc(N)n1. The van der Waals surface area contributed by atoms with Gasteiger partial charge in [-0.05, 0) is 32.4 Å². The van der Waals surface area contributed by atoms with Crippen LogP contribution in [0.3, 0.4) is 0 Å². The quantitative estimate of drug-likeness (QED) is 0.805. The molecule has 1 saturated heterocycles. The van der Waals surface area contributed by atoms with Crippen LogP contribution < -0.4 is 5.73 Å². The fourth-order valence-corrected chi connectivity index (χ4v) is 2.38. The summed E-state index contributed by atoms with van der Waals surface area (Å²) in [5.41, 5.74) is 6.48. The Hall–Kier alpha value is -0.870. The predicted molar refractivity (Wildman–Crippen MR) is 65.2 cm³/mol. The highest BCUT2D eigenvalue weighted by Crippen LogP contribution is 2.19. The first-order chi connectivity index (χ1) is 7.65. The highest BCUT2D eigenvalue weighted by molar-refractivity contribution is 6.29. The molecule has 0 spiro atoms. The van der Waals surface area contributed by atoms with Crippen molar-refractivity contribution in [2.24, 2.45) is 0 Å². The van der Waals surface area contributed by atoms with E-state index in [2.05, 4.69) is 21.8 Å². The number of rotatable bonds is 2. The van der Waals surface area contributed by atoms with Gasteiger partial charge in [-0.2, -0.15) is 0 Å². The first-order valence-electron chi connectivity index (χ1n) is 5.68. The van der Waals surface area contributed by atoms with Crippen molar-refractivity contribution in [1.82, 2.24) is 14.9 Å². The minimum absolute atomic E-state index is 0.257. The van der Waals surface area contributed by atoms with Crippen LogP contribution >= 0.6 is 11.6 Å². The zero-order valence-electron chi connectivity index (χ0n) is 9.49. The summed E-state index contributed by atoms with van der Waals surface area (Å²) in [6, 6.07) is 2.41. The van der Waals surface area contributed by atoms with Crippen LogP contribution in [-0.2, 0) is 6.54 Å². The van der Waals surface area contributed by atoms with Crippen molar-refractivity contribution in [3.8, 4) is 0 Å². The van der Waals surface area contributed by atoms with Crippen LogP contribution in [0.1, 0.15) is 31.9 Å². The zero-order valence-corrected chi connectivity index (χ0v) is 10.2. The molecule has 0 radical (unpaired) electrons. The Labute approximate surface area is 101 Å². The fourth-order valence-electron chi connectivity index (χ4n) is 2.17. The van der Waals surface area contributed by atoms with Gasteiger partial charge in [0.25, 0.3) is 0 Å². The van der Waals surface area contributed by atoms with E-state index in [0.29, 0.717) is 11.2 Å². The molecule has 2 rings (SSSR count). The summed E-state index contributed by atoms with van der Waals surface area (Å²) >= 11 is 5.85. The molecule has 0 amide bonds. The highest BCUT2D eigenvalue weighted by atomic mass is 35.5. The number of likely N-dealkylation sites (tertiary alicyclic amines) is 1. The number of nitrogen functional groups attached to an aromatic ring is 1. The molecule has 0 unspecified atom stereocenters. The molecule has 16 heavy (non-hydrogen) atoms. The molecule has 0 aromatic carbocycles. The smallest absolute Gasteiger partial charge is 0.221 e. The van der Waals surface area contributed by atoms with E-state index in [1.54, 1.807) is 6.07 Å². The van der Waals surface area contributed by atoms with Gasteiger partial charge in [0, 0.05) is 12.6 Å². The summed E-state index contributed by atoms with van der Waals surface area (Å²) in [7, 11) is 0. The molecule has 1 atom stereocenters. The van der Waals surface area contributed by atoms with Gasteiger partial charge in [-0.3, -0.25) is 4.90 Å². The molecule has 0 bridgehead atoms. The van der Waals surface area contributed by atoms with Gasteiger partial charge in [0.1, 0.15) is 5.15 Å². The molecule has 0 saturated carbocycles. The standard InChI is InChI=1S/C11H17ClN4/c1-8-4-2-3-5-16(8)7-9-6-10(12)15-11(13)14-9/h6,8H,2-5,7H2,1H3,(H2,13,14,15)/t8-/m1/s1. The van der Waals surface area contributed by atoms with Gasteiger partial charge in [0.15, 0.2) is 0 Å². The van der Waals surface area contributed by atoms with Gasteiger partial charge in [0.05, 0.1) is 5.69 Å². The van der Waals surface area contributed by atoms with E-state index in [1.165, 1.54) is 19.3 Å². The number of hydrogen-bond donors (Lipinski definition) is 1. The van der Waals surface area contributed by atoms with E-state index < -0.39 is 0 Å². The van der Waals surface area contributed by atoms with E-state index in [1.807, 2.05) is 0 Å². The van der Waals surface area contributed by atoms with Gasteiger partial charge in [-0.1, -0.05) is 18.0 Å². The van der Waals surface area contributed by atoms with Crippen LogP contribution in [0.15, 0.2) is 6.07 Å². The third kappa shape index (κ3) is 2.83. The molecule has 0 aliphatic carbocycles. The maximum atomic E-state index is 5.85. The number of nitrogens with two attached hydrogens (primary N) is 1. The van der Waals surface area contributed by atoms with Gasteiger partial charge in [0.2, 0.25) is 5.95 Å². The lowest BCUT2D eigenvalue weighted by Crippen LogP contribution is -2.37. The van der Waals surface area contributed by atoms with E-state index in [9.17, 15) is 0 Å². The second-order valence-corrected chi connectivity index (χ2v) is 4.74. The lowest BCUT2D eigenvalue weighted by Gasteiger charge is -2.32. The van der Waals surface area contributed by atoms with Crippen LogP contribution in [0.25, 0.3) is 0 Å². The normalized spacial score (nSPS) is 22.2.